The van der Waals surface area contributed by atoms with Crippen molar-refractivity contribution in [1.29, 1.82) is 0 Å². The van der Waals surface area contributed by atoms with E-state index in [1.807, 2.05) is 6.20 Å². The number of nitrogens with zero attached hydrogens (tertiary/aromatic N) is 2. The van der Waals surface area contributed by atoms with Crippen molar-refractivity contribution in [1.82, 2.24) is 4.98 Å². The van der Waals surface area contributed by atoms with Crippen LogP contribution >= 0.6 is 11.3 Å². The number of unbranched alkanes of at least 4 members (excludes halogenated alkanes) is 2. The maximum Gasteiger partial charge on any atom is 0.159 e. The highest BCUT2D eigenvalue weighted by atomic mass is 32.1. The van der Waals surface area contributed by atoms with Gasteiger partial charge >= 0.3 is 0 Å². The molecule has 1 heterocycles. The Balaban J connectivity index is 1.72. The van der Waals surface area contributed by atoms with Crippen LogP contribution in [0.3, 0.4) is 0 Å². The minimum atomic E-state index is -0.964. The van der Waals surface area contributed by atoms with E-state index in [4.69, 9.17) is 0 Å². The molecule has 3 aromatic rings. The van der Waals surface area contributed by atoms with Crippen LogP contribution in [-0.4, -0.2) is 11.2 Å². The van der Waals surface area contributed by atoms with Gasteiger partial charge in [-0.1, -0.05) is 31.9 Å². The molecular weight excluding hydrogens is 369 g/mol. The fourth-order valence-corrected chi connectivity index (χ4v) is 3.47. The molecule has 0 aliphatic heterocycles. The first-order chi connectivity index (χ1) is 13.1. The standard InChI is InChI=1S/C21H19F3N2S/c1-2-3-4-5-16-12-26-21(27-16)13-25-20-9-7-15(11-19(20)24)14-6-8-17(22)18(23)10-14/h6-13H,2-5H2,1H3. The summed E-state index contributed by atoms with van der Waals surface area (Å²) in [5.41, 5.74) is 1.03. The minimum absolute atomic E-state index is 0.170. The lowest BCUT2D eigenvalue weighted by Gasteiger charge is -2.04. The second kappa shape index (κ2) is 8.95. The summed E-state index contributed by atoms with van der Waals surface area (Å²) < 4.78 is 40.7. The minimum Gasteiger partial charge on any atom is -0.251 e. The Labute approximate surface area is 160 Å². The molecule has 0 radical (unpaired) electrons. The molecule has 27 heavy (non-hydrogen) atoms. The molecule has 0 fully saturated rings. The number of thiazole rings is 1. The molecule has 2 nitrogen and oxygen atoms in total. The molecule has 0 atom stereocenters. The van der Waals surface area contributed by atoms with Gasteiger partial charge in [0, 0.05) is 11.1 Å². The van der Waals surface area contributed by atoms with Gasteiger partial charge in [0.15, 0.2) is 11.6 Å². The Hall–Kier alpha value is -2.47. The number of aryl methyl sites for hydroxylation is 1. The summed E-state index contributed by atoms with van der Waals surface area (Å²) in [7, 11) is 0. The zero-order chi connectivity index (χ0) is 19.2. The normalized spacial score (nSPS) is 11.4. The third-order valence-corrected chi connectivity index (χ3v) is 5.10. The SMILES string of the molecule is CCCCCc1cnc(C=Nc2ccc(-c3ccc(F)c(F)c3)cc2F)s1. The summed E-state index contributed by atoms with van der Waals surface area (Å²) in [5, 5.41) is 0.727. The molecule has 140 valence electrons. The van der Waals surface area contributed by atoms with Crippen LogP contribution in [0.5, 0.6) is 0 Å². The third-order valence-electron chi connectivity index (χ3n) is 4.11. The van der Waals surface area contributed by atoms with Crippen LogP contribution in [0, 0.1) is 17.5 Å². The summed E-state index contributed by atoms with van der Waals surface area (Å²) in [6.07, 6.45) is 7.88. The van der Waals surface area contributed by atoms with Crippen LogP contribution in [0.25, 0.3) is 11.1 Å². The van der Waals surface area contributed by atoms with Crippen molar-refractivity contribution in [2.24, 2.45) is 4.99 Å². The maximum absolute atomic E-state index is 14.3. The number of hydrogen-bond donors (Lipinski definition) is 0. The largest absolute Gasteiger partial charge is 0.251 e. The highest BCUT2D eigenvalue weighted by Crippen LogP contribution is 2.27. The molecule has 0 N–H and O–H groups in total. The number of rotatable bonds is 7. The van der Waals surface area contributed by atoms with E-state index in [-0.39, 0.29) is 5.69 Å². The van der Waals surface area contributed by atoms with Gasteiger partial charge in [0.1, 0.15) is 10.8 Å². The van der Waals surface area contributed by atoms with Crippen LogP contribution in [0.2, 0.25) is 0 Å². The zero-order valence-electron chi connectivity index (χ0n) is 14.9. The second-order valence-corrected chi connectivity index (χ2v) is 7.32. The van der Waals surface area contributed by atoms with Crippen molar-refractivity contribution in [2.75, 3.05) is 0 Å². The molecule has 0 aliphatic rings. The fourth-order valence-electron chi connectivity index (χ4n) is 2.64. The Morgan fingerprint density at radius 2 is 1.70 bits per heavy atom. The van der Waals surface area contributed by atoms with E-state index < -0.39 is 17.5 Å². The molecule has 0 unspecified atom stereocenters. The molecule has 3 rings (SSSR count). The lowest BCUT2D eigenvalue weighted by atomic mass is 10.0. The smallest absolute Gasteiger partial charge is 0.159 e. The van der Waals surface area contributed by atoms with E-state index in [0.29, 0.717) is 11.1 Å². The molecule has 0 bridgehead atoms. The summed E-state index contributed by atoms with van der Waals surface area (Å²) >= 11 is 1.55. The van der Waals surface area contributed by atoms with E-state index in [0.717, 1.165) is 30.0 Å². The number of benzene rings is 2. The van der Waals surface area contributed by atoms with Crippen molar-refractivity contribution in [2.45, 2.75) is 32.6 Å². The molecule has 1 aromatic heterocycles. The Morgan fingerprint density at radius 3 is 2.41 bits per heavy atom. The van der Waals surface area contributed by atoms with Crippen LogP contribution in [0.15, 0.2) is 47.6 Å². The summed E-state index contributed by atoms with van der Waals surface area (Å²) in [6, 6.07) is 7.87. The van der Waals surface area contributed by atoms with E-state index in [1.165, 1.54) is 35.9 Å². The number of aromatic nitrogens is 1. The molecule has 0 saturated heterocycles. The first-order valence-corrected chi connectivity index (χ1v) is 9.62. The maximum atomic E-state index is 14.3. The molecule has 2 aromatic carbocycles. The lowest BCUT2D eigenvalue weighted by Crippen LogP contribution is -1.87. The summed E-state index contributed by atoms with van der Waals surface area (Å²) in [5.74, 6) is -2.43. The highest BCUT2D eigenvalue weighted by molar-refractivity contribution is 7.13. The van der Waals surface area contributed by atoms with Crippen molar-refractivity contribution in [3.05, 3.63) is 69.9 Å². The van der Waals surface area contributed by atoms with Crippen LogP contribution in [-0.2, 0) is 6.42 Å². The monoisotopic (exact) mass is 388 g/mol. The lowest BCUT2D eigenvalue weighted by molar-refractivity contribution is 0.509. The quantitative estimate of drug-likeness (QED) is 0.326. The Kier molecular flexibility index (Phi) is 6.40. The van der Waals surface area contributed by atoms with E-state index in [2.05, 4.69) is 16.9 Å². The predicted octanol–water partition coefficient (Wildman–Crippen LogP) is 6.71. The van der Waals surface area contributed by atoms with Crippen LogP contribution < -0.4 is 0 Å². The first kappa shape index (κ1) is 19.3. The molecular formula is C21H19F3N2S. The summed E-state index contributed by atoms with van der Waals surface area (Å²) in [6.45, 7) is 2.16. The third kappa shape index (κ3) is 5.04. The molecule has 6 heteroatoms. The number of hydrogen-bond acceptors (Lipinski definition) is 3. The molecule has 0 amide bonds. The van der Waals surface area contributed by atoms with Crippen molar-refractivity contribution >= 4 is 23.2 Å². The molecule has 0 spiro atoms. The van der Waals surface area contributed by atoms with Gasteiger partial charge in [-0.2, -0.15) is 0 Å². The zero-order valence-corrected chi connectivity index (χ0v) is 15.7. The Morgan fingerprint density at radius 1 is 0.963 bits per heavy atom. The van der Waals surface area contributed by atoms with Crippen LogP contribution in [0.1, 0.15) is 36.1 Å². The first-order valence-electron chi connectivity index (χ1n) is 8.80. The van der Waals surface area contributed by atoms with Gasteiger partial charge in [-0.15, -0.1) is 11.3 Å². The van der Waals surface area contributed by atoms with Crippen molar-refractivity contribution in [3.8, 4) is 11.1 Å². The van der Waals surface area contributed by atoms with Gasteiger partial charge in [0.05, 0.1) is 11.9 Å². The van der Waals surface area contributed by atoms with Gasteiger partial charge in [-0.25, -0.2) is 18.2 Å². The molecule has 0 aliphatic carbocycles. The van der Waals surface area contributed by atoms with Gasteiger partial charge in [-0.05, 0) is 48.2 Å². The average Bonchev–Trinajstić information content (AvgIpc) is 3.11. The van der Waals surface area contributed by atoms with Gasteiger partial charge in [0.2, 0.25) is 0 Å². The highest BCUT2D eigenvalue weighted by Gasteiger charge is 2.08. The van der Waals surface area contributed by atoms with Crippen molar-refractivity contribution in [3.63, 3.8) is 0 Å². The summed E-state index contributed by atoms with van der Waals surface area (Å²) in [4.78, 5) is 9.65. The predicted molar refractivity (Wildman–Crippen MR) is 104 cm³/mol. The van der Waals surface area contributed by atoms with Gasteiger partial charge < -0.3 is 0 Å². The van der Waals surface area contributed by atoms with E-state index in [9.17, 15) is 13.2 Å². The number of aliphatic imine (C=N–C) groups is 1. The molecule has 0 saturated carbocycles. The van der Waals surface area contributed by atoms with E-state index >= 15 is 0 Å². The second-order valence-electron chi connectivity index (χ2n) is 6.18. The fraction of sp³-hybridized carbons (Fsp3) is 0.238. The van der Waals surface area contributed by atoms with E-state index in [1.54, 1.807) is 23.6 Å². The van der Waals surface area contributed by atoms with Gasteiger partial charge in [0.25, 0.3) is 0 Å². The van der Waals surface area contributed by atoms with Crippen molar-refractivity contribution < 1.29 is 13.2 Å². The topological polar surface area (TPSA) is 25.2 Å². The Bertz CT molecular complexity index is 950. The van der Waals surface area contributed by atoms with Gasteiger partial charge in [-0.3, -0.25) is 4.99 Å². The average molecular weight is 388 g/mol. The number of halogens is 3. The van der Waals surface area contributed by atoms with Crippen LogP contribution in [0.4, 0.5) is 18.9 Å².